The maximum Gasteiger partial charge on any atom is 0.407 e. The molecule has 2 aliphatic heterocycles. The van der Waals surface area contributed by atoms with E-state index in [4.69, 9.17) is 10.5 Å². The van der Waals surface area contributed by atoms with Gasteiger partial charge < -0.3 is 15.8 Å². The summed E-state index contributed by atoms with van der Waals surface area (Å²) < 4.78 is 5.21. The number of imide groups is 2. The number of hydrogen-bond acceptors (Lipinski definition) is 9. The van der Waals surface area contributed by atoms with Gasteiger partial charge >= 0.3 is 6.09 Å². The number of fused-ring (bicyclic) bond motifs is 2. The Morgan fingerprint density at radius 1 is 0.673 bits per heavy atom. The highest BCUT2D eigenvalue weighted by Crippen LogP contribution is 2.26. The van der Waals surface area contributed by atoms with Crippen molar-refractivity contribution in [3.63, 3.8) is 0 Å². The third-order valence-corrected chi connectivity index (χ3v) is 7.37. The number of carbonyl (C=O) groups excluding carboxylic acids is 5. The molecule has 0 radical (unpaired) electrons. The number of nitrogens with zero attached hydrogens (tertiary/aromatic N) is 4. The van der Waals surface area contributed by atoms with Gasteiger partial charge in [0.1, 0.15) is 5.60 Å². The average Bonchev–Trinajstić information content (AvgIpc) is 3.44. The molecule has 0 bridgehead atoms. The Labute approximate surface area is 295 Å². The van der Waals surface area contributed by atoms with Crippen LogP contribution in [0.15, 0.2) is 85.2 Å². The molecule has 0 unspecified atom stereocenters. The van der Waals surface area contributed by atoms with E-state index in [9.17, 15) is 24.0 Å². The Bertz CT molecular complexity index is 1810. The molecule has 5 amide bonds. The van der Waals surface area contributed by atoms with Crippen molar-refractivity contribution in [2.45, 2.75) is 52.6 Å². The summed E-state index contributed by atoms with van der Waals surface area (Å²) in [7, 11) is 0. The van der Waals surface area contributed by atoms with E-state index in [1.54, 1.807) is 99.9 Å². The van der Waals surface area contributed by atoms with Gasteiger partial charge in [0, 0.05) is 18.9 Å². The van der Waals surface area contributed by atoms with Crippen molar-refractivity contribution in [1.29, 1.82) is 0 Å². The fourth-order valence-corrected chi connectivity index (χ4v) is 5.15. The summed E-state index contributed by atoms with van der Waals surface area (Å²) in [5.41, 5.74) is 9.49. The van der Waals surface area contributed by atoms with Gasteiger partial charge in [0.2, 0.25) is 0 Å². The lowest BCUT2D eigenvalue weighted by molar-refractivity contribution is 0.0519. The molecular formula is C35H36Cl2N6O6. The van der Waals surface area contributed by atoms with Gasteiger partial charge in [-0.05, 0) is 68.3 Å². The van der Waals surface area contributed by atoms with E-state index in [1.165, 1.54) is 9.80 Å². The minimum atomic E-state index is -0.600. The minimum absolute atomic E-state index is 0. The van der Waals surface area contributed by atoms with Crippen LogP contribution >= 0.6 is 24.8 Å². The second kappa shape index (κ2) is 16.3. The highest BCUT2D eigenvalue weighted by Gasteiger charge is 2.36. The molecule has 0 saturated carbocycles. The summed E-state index contributed by atoms with van der Waals surface area (Å²) in [6.45, 7) is 6.04. The smallest absolute Gasteiger partial charge is 0.407 e. The van der Waals surface area contributed by atoms with Crippen LogP contribution in [0.5, 0.6) is 0 Å². The molecule has 256 valence electrons. The Morgan fingerprint density at radius 3 is 1.45 bits per heavy atom. The zero-order chi connectivity index (χ0) is 33.7. The van der Waals surface area contributed by atoms with Crippen molar-refractivity contribution in [3.8, 4) is 0 Å². The Hall–Kier alpha value is -5.17. The van der Waals surface area contributed by atoms with Crippen LogP contribution in [0.2, 0.25) is 0 Å². The number of halogens is 2. The van der Waals surface area contributed by atoms with Gasteiger partial charge in [-0.1, -0.05) is 36.4 Å². The second-order valence-electron chi connectivity index (χ2n) is 11.8. The van der Waals surface area contributed by atoms with Crippen LogP contribution in [0.4, 0.5) is 4.79 Å². The van der Waals surface area contributed by atoms with Crippen molar-refractivity contribution >= 4 is 54.5 Å². The lowest BCUT2D eigenvalue weighted by Gasteiger charge is -2.20. The summed E-state index contributed by atoms with van der Waals surface area (Å²) in [6, 6.07) is 20.7. The van der Waals surface area contributed by atoms with E-state index in [0.717, 1.165) is 5.56 Å². The molecular weight excluding hydrogens is 671 g/mol. The van der Waals surface area contributed by atoms with Gasteiger partial charge in [-0.15, -0.1) is 24.8 Å². The highest BCUT2D eigenvalue weighted by molar-refractivity contribution is 6.22. The summed E-state index contributed by atoms with van der Waals surface area (Å²) >= 11 is 0. The molecule has 49 heavy (non-hydrogen) atoms. The third kappa shape index (κ3) is 8.65. The van der Waals surface area contributed by atoms with Crippen LogP contribution in [0.1, 0.15) is 84.7 Å². The lowest BCUT2D eigenvalue weighted by Crippen LogP contribution is -2.33. The number of nitrogens with two attached hydrogens (primary N) is 1. The predicted octanol–water partition coefficient (Wildman–Crippen LogP) is 5.08. The SMILES string of the molecule is CC(C)(C)OC(=O)NCc1ncccc1CN1C(=O)c2ccccc2C1=O.Cl.Cl.NCc1ncccc1CN1C(=O)c2ccccc2C1=O. The summed E-state index contributed by atoms with van der Waals surface area (Å²) in [5, 5.41) is 2.65. The van der Waals surface area contributed by atoms with E-state index < -0.39 is 11.7 Å². The maximum atomic E-state index is 12.5. The number of ether oxygens (including phenoxy) is 1. The van der Waals surface area contributed by atoms with Crippen molar-refractivity contribution in [2.75, 3.05) is 0 Å². The first-order valence-electron chi connectivity index (χ1n) is 14.9. The molecule has 4 heterocycles. The number of benzene rings is 2. The number of nitrogens with one attached hydrogen (secondary N) is 1. The number of hydrogen-bond donors (Lipinski definition) is 2. The van der Waals surface area contributed by atoms with E-state index in [2.05, 4.69) is 15.3 Å². The first-order valence-corrected chi connectivity index (χ1v) is 14.9. The Balaban J connectivity index is 0.000000265. The number of aromatic nitrogens is 2. The highest BCUT2D eigenvalue weighted by atomic mass is 35.5. The zero-order valence-corrected chi connectivity index (χ0v) is 28.7. The Kier molecular flexibility index (Phi) is 12.7. The van der Waals surface area contributed by atoms with E-state index in [-0.39, 0.29) is 74.6 Å². The van der Waals surface area contributed by atoms with Gasteiger partial charge in [-0.3, -0.25) is 38.9 Å². The summed E-state index contributed by atoms with van der Waals surface area (Å²) in [4.78, 5) is 72.3. The molecule has 0 saturated heterocycles. The monoisotopic (exact) mass is 706 g/mol. The largest absolute Gasteiger partial charge is 0.444 e. The molecule has 0 fully saturated rings. The predicted molar refractivity (Wildman–Crippen MR) is 185 cm³/mol. The third-order valence-electron chi connectivity index (χ3n) is 7.37. The number of amides is 5. The first kappa shape index (κ1) is 38.3. The van der Waals surface area contributed by atoms with Crippen LogP contribution in [0, 0.1) is 0 Å². The first-order chi connectivity index (χ1) is 22.5. The van der Waals surface area contributed by atoms with E-state index >= 15 is 0 Å². The number of rotatable bonds is 7. The van der Waals surface area contributed by atoms with Gasteiger partial charge in [0.25, 0.3) is 23.6 Å². The molecule has 14 heteroatoms. The number of pyridine rings is 2. The minimum Gasteiger partial charge on any atom is -0.444 e. The average molecular weight is 708 g/mol. The molecule has 0 spiro atoms. The fraction of sp³-hybridized carbons (Fsp3) is 0.229. The van der Waals surface area contributed by atoms with E-state index in [1.807, 2.05) is 6.07 Å². The molecule has 2 aromatic heterocycles. The normalized spacial score (nSPS) is 13.1. The molecule has 0 aliphatic carbocycles. The fourth-order valence-electron chi connectivity index (χ4n) is 5.15. The van der Waals surface area contributed by atoms with Crippen LogP contribution < -0.4 is 11.1 Å². The molecule has 3 N–H and O–H groups in total. The number of carbonyl (C=O) groups is 5. The van der Waals surface area contributed by atoms with Crippen molar-refractivity contribution in [3.05, 3.63) is 130 Å². The van der Waals surface area contributed by atoms with Crippen LogP contribution in [-0.4, -0.2) is 55.1 Å². The molecule has 4 aromatic rings. The van der Waals surface area contributed by atoms with Gasteiger partial charge in [-0.2, -0.15) is 0 Å². The van der Waals surface area contributed by atoms with Crippen molar-refractivity contribution in [1.82, 2.24) is 25.1 Å². The van der Waals surface area contributed by atoms with Crippen molar-refractivity contribution < 1.29 is 28.7 Å². The molecule has 6 rings (SSSR count). The van der Waals surface area contributed by atoms with Crippen LogP contribution in [0.25, 0.3) is 0 Å². The molecule has 12 nitrogen and oxygen atoms in total. The standard InChI is InChI=1S/C20H21N3O4.C15H13N3O2.2ClH/c1-20(2,3)27-19(26)22-11-16-13(7-6-10-21-16)12-23-17(24)14-8-4-5-9-15(14)18(23)25;16-8-13-10(4-3-7-17-13)9-18-14(19)11-5-1-2-6-12(11)15(18)20;;/h4-10H,11-12H2,1-3H3,(H,22,26);1-7H,8-9,16H2;2*1H. The van der Waals surface area contributed by atoms with Crippen LogP contribution in [0.3, 0.4) is 0 Å². The van der Waals surface area contributed by atoms with Crippen LogP contribution in [-0.2, 0) is 30.9 Å². The maximum absolute atomic E-state index is 12.5. The lowest BCUT2D eigenvalue weighted by atomic mass is 10.1. The Morgan fingerprint density at radius 2 is 1.06 bits per heavy atom. The molecule has 0 atom stereocenters. The van der Waals surface area contributed by atoms with Gasteiger partial charge in [0.05, 0.1) is 53.3 Å². The zero-order valence-electron chi connectivity index (χ0n) is 27.0. The number of alkyl carbamates (subject to hydrolysis) is 1. The van der Waals surface area contributed by atoms with Gasteiger partial charge in [0.15, 0.2) is 0 Å². The van der Waals surface area contributed by atoms with Crippen molar-refractivity contribution in [2.24, 2.45) is 5.73 Å². The second-order valence-corrected chi connectivity index (χ2v) is 11.8. The summed E-state index contributed by atoms with van der Waals surface area (Å²) in [5.74, 6) is -1.19. The molecule has 2 aliphatic rings. The topological polar surface area (TPSA) is 165 Å². The summed E-state index contributed by atoms with van der Waals surface area (Å²) in [6.07, 6.45) is 2.69. The van der Waals surface area contributed by atoms with E-state index in [0.29, 0.717) is 39.2 Å². The van der Waals surface area contributed by atoms with Gasteiger partial charge in [-0.25, -0.2) is 4.79 Å². The quantitative estimate of drug-likeness (QED) is 0.249. The molecule has 2 aromatic carbocycles.